The first-order valence-corrected chi connectivity index (χ1v) is 6.40. The van der Waals surface area contributed by atoms with Crippen molar-refractivity contribution in [2.45, 2.75) is 59.0 Å². The Morgan fingerprint density at radius 3 is 2.40 bits per heavy atom. The van der Waals surface area contributed by atoms with Crippen molar-refractivity contribution in [2.75, 3.05) is 20.1 Å². The van der Waals surface area contributed by atoms with Crippen LogP contribution in [0.4, 0.5) is 0 Å². The molecule has 1 atom stereocenters. The number of nitrogens with zero attached hydrogens (tertiary/aromatic N) is 1. The van der Waals surface area contributed by atoms with Crippen LogP contribution in [0.1, 0.15) is 47.0 Å². The zero-order valence-electron chi connectivity index (χ0n) is 11.1. The van der Waals surface area contributed by atoms with Crippen molar-refractivity contribution >= 4 is 0 Å². The third kappa shape index (κ3) is 4.52. The molecule has 1 aliphatic carbocycles. The highest BCUT2D eigenvalue weighted by Gasteiger charge is 2.28. The maximum absolute atomic E-state index is 3.67. The Balaban J connectivity index is 2.35. The van der Waals surface area contributed by atoms with E-state index in [4.69, 9.17) is 0 Å². The van der Waals surface area contributed by atoms with Crippen LogP contribution in [0.2, 0.25) is 0 Å². The molecule has 1 rings (SSSR count). The Hall–Kier alpha value is -0.0800. The monoisotopic (exact) mass is 212 g/mol. The molecule has 1 unspecified atom stereocenters. The van der Waals surface area contributed by atoms with Gasteiger partial charge < -0.3 is 10.2 Å². The Labute approximate surface area is 95.4 Å². The molecule has 2 heteroatoms. The topological polar surface area (TPSA) is 15.3 Å². The minimum atomic E-state index is 0.432. The molecule has 0 bridgehead atoms. The fraction of sp³-hybridized carbons (Fsp3) is 1.00. The van der Waals surface area contributed by atoms with Gasteiger partial charge in [-0.05, 0) is 45.6 Å². The van der Waals surface area contributed by atoms with Gasteiger partial charge >= 0.3 is 0 Å². The Morgan fingerprint density at radius 2 is 2.00 bits per heavy atom. The molecule has 0 amide bonds. The number of hydrogen-bond donors (Lipinski definition) is 1. The quantitative estimate of drug-likeness (QED) is 0.697. The van der Waals surface area contributed by atoms with E-state index in [-0.39, 0.29) is 0 Å². The van der Waals surface area contributed by atoms with Crippen LogP contribution in [0, 0.1) is 5.41 Å². The molecule has 0 aromatic rings. The van der Waals surface area contributed by atoms with E-state index < -0.39 is 0 Å². The lowest BCUT2D eigenvalue weighted by Crippen LogP contribution is -2.43. The average molecular weight is 212 g/mol. The average Bonchev–Trinajstić information content (AvgIpc) is 2.98. The summed E-state index contributed by atoms with van der Waals surface area (Å²) in [4.78, 5) is 2.46. The highest BCUT2D eigenvalue weighted by Crippen LogP contribution is 2.25. The van der Waals surface area contributed by atoms with E-state index in [2.05, 4.69) is 45.0 Å². The Morgan fingerprint density at radius 1 is 1.40 bits per heavy atom. The minimum Gasteiger partial charge on any atom is -0.313 e. The molecule has 0 saturated heterocycles. The van der Waals surface area contributed by atoms with E-state index in [9.17, 15) is 0 Å². The number of nitrogens with one attached hydrogen (secondary N) is 1. The molecule has 1 aliphatic rings. The molecule has 0 radical (unpaired) electrons. The van der Waals surface area contributed by atoms with Crippen LogP contribution in [0.15, 0.2) is 0 Å². The summed E-state index contributed by atoms with van der Waals surface area (Å²) < 4.78 is 0. The Bertz CT molecular complexity index is 187. The highest BCUT2D eigenvalue weighted by atomic mass is 15.1. The first kappa shape index (κ1) is 13.0. The van der Waals surface area contributed by atoms with Crippen LogP contribution in [0.25, 0.3) is 0 Å². The molecule has 1 saturated carbocycles. The molecule has 1 N–H and O–H groups in total. The van der Waals surface area contributed by atoms with Crippen LogP contribution in [0.3, 0.4) is 0 Å². The molecule has 0 spiro atoms. The van der Waals surface area contributed by atoms with E-state index in [1.165, 1.54) is 32.4 Å². The van der Waals surface area contributed by atoms with Gasteiger partial charge in [-0.25, -0.2) is 0 Å². The van der Waals surface area contributed by atoms with Crippen molar-refractivity contribution in [3.05, 3.63) is 0 Å². The van der Waals surface area contributed by atoms with Crippen molar-refractivity contribution in [3.63, 3.8) is 0 Å². The summed E-state index contributed by atoms with van der Waals surface area (Å²) in [6.45, 7) is 11.6. The summed E-state index contributed by atoms with van der Waals surface area (Å²) >= 11 is 0. The summed E-state index contributed by atoms with van der Waals surface area (Å²) in [5.74, 6) is 0. The van der Waals surface area contributed by atoms with Crippen LogP contribution in [-0.4, -0.2) is 37.1 Å². The van der Waals surface area contributed by atoms with Crippen molar-refractivity contribution in [3.8, 4) is 0 Å². The standard InChI is InChI=1S/C13H28N2/c1-6-13(4,9-14-12-7-8-12)10-15(5)11(2)3/h11-12,14H,6-10H2,1-5H3. The first-order chi connectivity index (χ1) is 6.97. The van der Waals surface area contributed by atoms with Crippen LogP contribution in [0.5, 0.6) is 0 Å². The molecular formula is C13H28N2. The second-order valence-corrected chi connectivity index (χ2v) is 5.83. The van der Waals surface area contributed by atoms with E-state index in [1.54, 1.807) is 0 Å². The third-order valence-electron chi connectivity index (χ3n) is 3.76. The molecule has 2 nitrogen and oxygen atoms in total. The number of rotatable bonds is 7. The molecule has 0 aromatic carbocycles. The zero-order chi connectivity index (χ0) is 11.5. The second kappa shape index (κ2) is 5.31. The number of hydrogen-bond acceptors (Lipinski definition) is 2. The highest BCUT2D eigenvalue weighted by molar-refractivity contribution is 4.86. The lowest BCUT2D eigenvalue weighted by atomic mass is 9.86. The first-order valence-electron chi connectivity index (χ1n) is 6.40. The van der Waals surface area contributed by atoms with Gasteiger partial charge in [0.05, 0.1) is 0 Å². The van der Waals surface area contributed by atoms with Crippen molar-refractivity contribution in [1.82, 2.24) is 10.2 Å². The fourth-order valence-corrected chi connectivity index (χ4v) is 1.76. The van der Waals surface area contributed by atoms with Gasteiger partial charge in [0.15, 0.2) is 0 Å². The van der Waals surface area contributed by atoms with Crippen molar-refractivity contribution < 1.29 is 0 Å². The Kier molecular flexibility index (Phi) is 4.60. The van der Waals surface area contributed by atoms with Gasteiger partial charge in [-0.1, -0.05) is 13.8 Å². The summed E-state index contributed by atoms with van der Waals surface area (Å²) in [5, 5.41) is 3.67. The smallest absolute Gasteiger partial charge is 0.00684 e. The maximum atomic E-state index is 3.67. The molecular weight excluding hydrogens is 184 g/mol. The molecule has 0 aromatic heterocycles. The van der Waals surface area contributed by atoms with Gasteiger partial charge in [0.25, 0.3) is 0 Å². The largest absolute Gasteiger partial charge is 0.313 e. The molecule has 0 aliphatic heterocycles. The maximum Gasteiger partial charge on any atom is 0.00684 e. The predicted octanol–water partition coefficient (Wildman–Crippen LogP) is 2.49. The van der Waals surface area contributed by atoms with E-state index in [0.717, 1.165) is 6.04 Å². The summed E-state index contributed by atoms with van der Waals surface area (Å²) in [7, 11) is 2.23. The fourth-order valence-electron chi connectivity index (χ4n) is 1.76. The van der Waals surface area contributed by atoms with Gasteiger partial charge in [0, 0.05) is 25.2 Å². The van der Waals surface area contributed by atoms with Crippen LogP contribution in [-0.2, 0) is 0 Å². The van der Waals surface area contributed by atoms with Gasteiger partial charge in [-0.15, -0.1) is 0 Å². The summed E-state index contributed by atoms with van der Waals surface area (Å²) in [6.07, 6.45) is 4.03. The lowest BCUT2D eigenvalue weighted by molar-refractivity contribution is 0.154. The third-order valence-corrected chi connectivity index (χ3v) is 3.76. The van der Waals surface area contributed by atoms with Gasteiger partial charge in [-0.2, -0.15) is 0 Å². The molecule has 1 fully saturated rings. The minimum absolute atomic E-state index is 0.432. The second-order valence-electron chi connectivity index (χ2n) is 5.83. The van der Waals surface area contributed by atoms with Crippen LogP contribution >= 0.6 is 0 Å². The van der Waals surface area contributed by atoms with Crippen molar-refractivity contribution in [1.29, 1.82) is 0 Å². The summed E-state index contributed by atoms with van der Waals surface area (Å²) in [5.41, 5.74) is 0.432. The lowest BCUT2D eigenvalue weighted by Gasteiger charge is -2.35. The molecule has 90 valence electrons. The van der Waals surface area contributed by atoms with E-state index >= 15 is 0 Å². The van der Waals surface area contributed by atoms with E-state index in [0.29, 0.717) is 11.5 Å². The summed E-state index contributed by atoms with van der Waals surface area (Å²) in [6, 6.07) is 1.48. The van der Waals surface area contributed by atoms with Gasteiger partial charge in [0.2, 0.25) is 0 Å². The van der Waals surface area contributed by atoms with Crippen LogP contribution < -0.4 is 5.32 Å². The zero-order valence-corrected chi connectivity index (χ0v) is 11.1. The predicted molar refractivity (Wildman–Crippen MR) is 67.2 cm³/mol. The van der Waals surface area contributed by atoms with Gasteiger partial charge in [0.1, 0.15) is 0 Å². The van der Waals surface area contributed by atoms with Crippen molar-refractivity contribution in [2.24, 2.45) is 5.41 Å². The normalized spacial score (nSPS) is 21.0. The molecule has 0 heterocycles. The SMILES string of the molecule is CCC(C)(CNC1CC1)CN(C)C(C)C. The molecule has 15 heavy (non-hydrogen) atoms. The van der Waals surface area contributed by atoms with Gasteiger partial charge in [-0.3, -0.25) is 0 Å². The van der Waals surface area contributed by atoms with E-state index in [1.807, 2.05) is 0 Å².